The molecular weight excluding hydrogens is 236 g/mol. The quantitative estimate of drug-likeness (QED) is 0.777. The molecule has 2 rings (SSSR count). The molecule has 84 valence electrons. The first-order chi connectivity index (χ1) is 7.77. The fraction of sp³-hybridized carbons (Fsp3) is 0.333. The third-order valence-electron chi connectivity index (χ3n) is 2.64. The molecule has 0 radical (unpaired) electrons. The Morgan fingerprint density at radius 3 is 2.81 bits per heavy atom. The number of hydrogen-bond acceptors (Lipinski definition) is 3. The zero-order valence-electron chi connectivity index (χ0n) is 9.43. The predicted molar refractivity (Wildman–Crippen MR) is 74.2 cm³/mol. The lowest BCUT2D eigenvalue weighted by molar-refractivity contribution is 0.475. The summed E-state index contributed by atoms with van der Waals surface area (Å²) in [7, 11) is 0. The summed E-state index contributed by atoms with van der Waals surface area (Å²) in [6, 6.07) is 6.19. The standard InChI is InChI=1S/C12H14N2S2/c1-3-14(4-2)12(15)9-6-5-7-10-11(9)13-8-16-10/h5-8H,3-4H2,1-2H3. The molecule has 2 nitrogen and oxygen atoms in total. The van der Waals surface area contributed by atoms with E-state index in [4.69, 9.17) is 12.2 Å². The van der Waals surface area contributed by atoms with Crippen molar-refractivity contribution in [2.45, 2.75) is 13.8 Å². The van der Waals surface area contributed by atoms with Crippen LogP contribution in [0.5, 0.6) is 0 Å². The highest BCUT2D eigenvalue weighted by atomic mass is 32.1. The monoisotopic (exact) mass is 250 g/mol. The molecule has 0 unspecified atom stereocenters. The van der Waals surface area contributed by atoms with Crippen LogP contribution in [0.1, 0.15) is 19.4 Å². The van der Waals surface area contributed by atoms with Gasteiger partial charge in [-0.2, -0.15) is 0 Å². The molecule has 0 saturated heterocycles. The van der Waals surface area contributed by atoms with E-state index in [1.165, 1.54) is 4.70 Å². The van der Waals surface area contributed by atoms with E-state index in [2.05, 4.69) is 35.9 Å². The van der Waals surface area contributed by atoms with Gasteiger partial charge in [-0.25, -0.2) is 4.98 Å². The van der Waals surface area contributed by atoms with Crippen LogP contribution in [0.2, 0.25) is 0 Å². The Labute approximate surface area is 105 Å². The van der Waals surface area contributed by atoms with Crippen LogP contribution < -0.4 is 0 Å². The van der Waals surface area contributed by atoms with Crippen LogP contribution in [0.4, 0.5) is 0 Å². The van der Waals surface area contributed by atoms with Crippen LogP contribution in [0.3, 0.4) is 0 Å². The number of hydrogen-bond donors (Lipinski definition) is 0. The number of thiocarbonyl (C=S) groups is 1. The second-order valence-electron chi connectivity index (χ2n) is 3.48. The Hall–Kier alpha value is -1.00. The van der Waals surface area contributed by atoms with E-state index >= 15 is 0 Å². The molecule has 0 aliphatic heterocycles. The number of benzene rings is 1. The van der Waals surface area contributed by atoms with Crippen LogP contribution in [0, 0.1) is 0 Å². The molecule has 1 aromatic heterocycles. The highest BCUT2D eigenvalue weighted by Crippen LogP contribution is 2.22. The Bertz CT molecular complexity index is 500. The SMILES string of the molecule is CCN(CC)C(=S)c1cccc2scnc12. The molecule has 1 aromatic carbocycles. The predicted octanol–water partition coefficient (Wildman–Crippen LogP) is 3.31. The van der Waals surface area contributed by atoms with Gasteiger partial charge >= 0.3 is 0 Å². The molecule has 0 amide bonds. The van der Waals surface area contributed by atoms with E-state index in [0.717, 1.165) is 29.2 Å². The Kier molecular flexibility index (Phi) is 3.51. The highest BCUT2D eigenvalue weighted by molar-refractivity contribution is 7.80. The average Bonchev–Trinajstić information content (AvgIpc) is 2.78. The molecule has 2 aromatic rings. The number of rotatable bonds is 3. The molecule has 4 heteroatoms. The summed E-state index contributed by atoms with van der Waals surface area (Å²) in [5, 5.41) is 0. The molecule has 0 atom stereocenters. The molecule has 0 aliphatic carbocycles. The topological polar surface area (TPSA) is 16.1 Å². The van der Waals surface area contributed by atoms with Gasteiger partial charge in [0.1, 0.15) is 4.99 Å². The third-order valence-corrected chi connectivity index (χ3v) is 3.91. The lowest BCUT2D eigenvalue weighted by Crippen LogP contribution is -2.29. The van der Waals surface area contributed by atoms with Crippen LogP contribution in [-0.2, 0) is 0 Å². The van der Waals surface area contributed by atoms with Gasteiger partial charge in [0.25, 0.3) is 0 Å². The van der Waals surface area contributed by atoms with Crippen molar-refractivity contribution in [1.82, 2.24) is 9.88 Å². The number of para-hydroxylation sites is 1. The van der Waals surface area contributed by atoms with Crippen LogP contribution >= 0.6 is 23.6 Å². The van der Waals surface area contributed by atoms with Gasteiger partial charge in [-0.3, -0.25) is 0 Å². The second kappa shape index (κ2) is 4.89. The van der Waals surface area contributed by atoms with Crippen molar-refractivity contribution in [3.05, 3.63) is 29.3 Å². The Morgan fingerprint density at radius 2 is 2.12 bits per heavy atom. The maximum absolute atomic E-state index is 5.52. The van der Waals surface area contributed by atoms with E-state index in [1.54, 1.807) is 11.3 Å². The summed E-state index contributed by atoms with van der Waals surface area (Å²) < 4.78 is 1.20. The number of thiazole rings is 1. The minimum absolute atomic E-state index is 0.904. The molecular formula is C12H14N2S2. The lowest BCUT2D eigenvalue weighted by Gasteiger charge is -2.21. The van der Waals surface area contributed by atoms with Crippen molar-refractivity contribution in [2.75, 3.05) is 13.1 Å². The number of aromatic nitrogens is 1. The molecule has 0 fully saturated rings. The van der Waals surface area contributed by atoms with E-state index in [0.29, 0.717) is 0 Å². The van der Waals surface area contributed by atoms with Gasteiger partial charge in [-0.05, 0) is 26.0 Å². The van der Waals surface area contributed by atoms with Crippen LogP contribution in [-0.4, -0.2) is 28.0 Å². The van der Waals surface area contributed by atoms with Gasteiger partial charge in [-0.15, -0.1) is 11.3 Å². The summed E-state index contributed by atoms with van der Waals surface area (Å²) in [5.74, 6) is 0. The molecule has 16 heavy (non-hydrogen) atoms. The maximum atomic E-state index is 5.52. The first kappa shape index (κ1) is 11.5. The first-order valence-electron chi connectivity index (χ1n) is 5.39. The summed E-state index contributed by atoms with van der Waals surface area (Å²) in [5.41, 5.74) is 3.99. The van der Waals surface area contributed by atoms with Crippen molar-refractivity contribution in [2.24, 2.45) is 0 Å². The summed E-state index contributed by atoms with van der Waals surface area (Å²) in [4.78, 5) is 7.48. The largest absolute Gasteiger partial charge is 0.363 e. The lowest BCUT2D eigenvalue weighted by atomic mass is 10.2. The van der Waals surface area contributed by atoms with Crippen LogP contribution in [0.25, 0.3) is 10.2 Å². The fourth-order valence-corrected chi connectivity index (χ4v) is 2.87. The smallest absolute Gasteiger partial charge is 0.111 e. The van der Waals surface area contributed by atoms with Gasteiger partial charge in [0.15, 0.2) is 0 Å². The fourth-order valence-electron chi connectivity index (χ4n) is 1.74. The summed E-state index contributed by atoms with van der Waals surface area (Å²) in [6.07, 6.45) is 0. The Morgan fingerprint density at radius 1 is 1.38 bits per heavy atom. The zero-order valence-corrected chi connectivity index (χ0v) is 11.1. The minimum atomic E-state index is 0.904. The summed E-state index contributed by atoms with van der Waals surface area (Å²) >= 11 is 7.18. The highest BCUT2D eigenvalue weighted by Gasteiger charge is 2.12. The second-order valence-corrected chi connectivity index (χ2v) is 4.76. The Balaban J connectivity index is 2.46. The van der Waals surface area contributed by atoms with Crippen molar-refractivity contribution in [3.8, 4) is 0 Å². The van der Waals surface area contributed by atoms with Gasteiger partial charge in [-0.1, -0.05) is 18.3 Å². The van der Waals surface area contributed by atoms with Crippen molar-refractivity contribution >= 4 is 38.8 Å². The third kappa shape index (κ3) is 1.95. The first-order valence-corrected chi connectivity index (χ1v) is 6.68. The zero-order chi connectivity index (χ0) is 11.5. The van der Waals surface area contributed by atoms with E-state index in [1.807, 2.05) is 11.6 Å². The maximum Gasteiger partial charge on any atom is 0.111 e. The molecule has 0 spiro atoms. The van der Waals surface area contributed by atoms with Gasteiger partial charge in [0.05, 0.1) is 15.7 Å². The molecule has 1 heterocycles. The van der Waals surface area contributed by atoms with Gasteiger partial charge in [0.2, 0.25) is 0 Å². The van der Waals surface area contributed by atoms with Crippen molar-refractivity contribution < 1.29 is 0 Å². The summed E-state index contributed by atoms with van der Waals surface area (Å²) in [6.45, 7) is 6.12. The number of nitrogens with zero attached hydrogens (tertiary/aromatic N) is 2. The average molecular weight is 250 g/mol. The van der Waals surface area contributed by atoms with E-state index in [9.17, 15) is 0 Å². The van der Waals surface area contributed by atoms with Gasteiger partial charge < -0.3 is 4.90 Å². The molecule has 0 bridgehead atoms. The van der Waals surface area contributed by atoms with E-state index in [-0.39, 0.29) is 0 Å². The normalized spacial score (nSPS) is 10.6. The molecule has 0 saturated carbocycles. The molecule has 0 N–H and O–H groups in total. The van der Waals surface area contributed by atoms with Crippen molar-refractivity contribution in [3.63, 3.8) is 0 Å². The minimum Gasteiger partial charge on any atom is -0.363 e. The van der Waals surface area contributed by atoms with E-state index < -0.39 is 0 Å². The number of fused-ring (bicyclic) bond motifs is 1. The molecule has 0 aliphatic rings. The van der Waals surface area contributed by atoms with Crippen LogP contribution in [0.15, 0.2) is 23.7 Å². The van der Waals surface area contributed by atoms with Gasteiger partial charge in [0, 0.05) is 18.7 Å². The van der Waals surface area contributed by atoms with Crippen molar-refractivity contribution in [1.29, 1.82) is 0 Å².